The molecule has 0 aliphatic heterocycles. The topological polar surface area (TPSA) is 52.0 Å². The third kappa shape index (κ3) is 3.42. The van der Waals surface area contributed by atoms with Crippen LogP contribution in [0.2, 0.25) is 0 Å². The Hall–Kier alpha value is -1.64. The number of rotatable bonds is 5. The maximum atomic E-state index is 5.65. The number of aryl methyl sites for hydroxylation is 2. The normalized spacial score (nSPS) is 10.6. The second kappa shape index (κ2) is 6.34. The standard InChI is InChI=1S/C16H20N2/c17-11-15-5-1-3-13(9-15)7-8-14-4-2-6-16(10-14)12-18/h1-6,9-10H,7-8,11-12,17-18H2. The first-order valence-electron chi connectivity index (χ1n) is 6.37. The van der Waals surface area contributed by atoms with Crippen molar-refractivity contribution in [3.05, 3.63) is 70.8 Å². The Morgan fingerprint density at radius 1 is 0.611 bits per heavy atom. The summed E-state index contributed by atoms with van der Waals surface area (Å²) in [4.78, 5) is 0. The summed E-state index contributed by atoms with van der Waals surface area (Å²) in [7, 11) is 0. The molecule has 2 aromatic rings. The molecule has 0 fully saturated rings. The van der Waals surface area contributed by atoms with Crippen LogP contribution in [0.25, 0.3) is 0 Å². The molecule has 0 aromatic heterocycles. The van der Waals surface area contributed by atoms with Gasteiger partial charge in [0.2, 0.25) is 0 Å². The Kier molecular flexibility index (Phi) is 4.51. The summed E-state index contributed by atoms with van der Waals surface area (Å²) >= 11 is 0. The number of benzene rings is 2. The van der Waals surface area contributed by atoms with Gasteiger partial charge in [-0.2, -0.15) is 0 Å². The smallest absolute Gasteiger partial charge is 0.0178 e. The number of hydrogen-bond acceptors (Lipinski definition) is 2. The molecule has 0 aliphatic carbocycles. The quantitative estimate of drug-likeness (QED) is 0.843. The molecule has 0 atom stereocenters. The fourth-order valence-corrected chi connectivity index (χ4v) is 2.11. The summed E-state index contributed by atoms with van der Waals surface area (Å²) in [5.74, 6) is 0. The zero-order valence-corrected chi connectivity index (χ0v) is 10.6. The van der Waals surface area contributed by atoms with Crippen LogP contribution in [0.1, 0.15) is 22.3 Å². The van der Waals surface area contributed by atoms with Crippen LogP contribution in [-0.4, -0.2) is 0 Å². The molecule has 4 N–H and O–H groups in total. The average molecular weight is 240 g/mol. The van der Waals surface area contributed by atoms with E-state index in [4.69, 9.17) is 11.5 Å². The van der Waals surface area contributed by atoms with Crippen molar-refractivity contribution in [2.75, 3.05) is 0 Å². The average Bonchev–Trinajstić information content (AvgIpc) is 2.45. The van der Waals surface area contributed by atoms with Gasteiger partial charge in [-0.25, -0.2) is 0 Å². The van der Waals surface area contributed by atoms with Crippen LogP contribution in [0.4, 0.5) is 0 Å². The molecule has 0 amide bonds. The van der Waals surface area contributed by atoms with Crippen molar-refractivity contribution in [1.29, 1.82) is 0 Å². The van der Waals surface area contributed by atoms with Crippen LogP contribution in [0.15, 0.2) is 48.5 Å². The first-order chi connectivity index (χ1) is 8.81. The predicted octanol–water partition coefficient (Wildman–Crippen LogP) is 2.39. The highest BCUT2D eigenvalue weighted by Crippen LogP contribution is 2.11. The molecule has 94 valence electrons. The van der Waals surface area contributed by atoms with Crippen molar-refractivity contribution in [3.8, 4) is 0 Å². The molecule has 0 bridgehead atoms. The number of nitrogens with two attached hydrogens (primary N) is 2. The van der Waals surface area contributed by atoms with E-state index >= 15 is 0 Å². The Balaban J connectivity index is 2.01. The van der Waals surface area contributed by atoms with Gasteiger partial charge < -0.3 is 11.5 Å². The summed E-state index contributed by atoms with van der Waals surface area (Å²) in [6.07, 6.45) is 2.09. The second-order valence-corrected chi connectivity index (χ2v) is 4.55. The fourth-order valence-electron chi connectivity index (χ4n) is 2.11. The molecule has 0 radical (unpaired) electrons. The van der Waals surface area contributed by atoms with Crippen LogP contribution < -0.4 is 11.5 Å². The van der Waals surface area contributed by atoms with E-state index < -0.39 is 0 Å². The van der Waals surface area contributed by atoms with Crippen LogP contribution in [0.3, 0.4) is 0 Å². The van der Waals surface area contributed by atoms with Crippen molar-refractivity contribution in [1.82, 2.24) is 0 Å². The van der Waals surface area contributed by atoms with E-state index in [-0.39, 0.29) is 0 Å². The highest BCUT2D eigenvalue weighted by Gasteiger charge is 1.98. The summed E-state index contributed by atoms with van der Waals surface area (Å²) in [6.45, 7) is 1.22. The fraction of sp³-hybridized carbons (Fsp3) is 0.250. The van der Waals surface area contributed by atoms with Gasteiger partial charge in [0.1, 0.15) is 0 Å². The van der Waals surface area contributed by atoms with Gasteiger partial charge in [0.25, 0.3) is 0 Å². The minimum atomic E-state index is 0.608. The third-order valence-corrected chi connectivity index (χ3v) is 3.16. The van der Waals surface area contributed by atoms with E-state index in [9.17, 15) is 0 Å². The zero-order valence-electron chi connectivity index (χ0n) is 10.6. The van der Waals surface area contributed by atoms with Gasteiger partial charge in [-0.1, -0.05) is 48.5 Å². The van der Waals surface area contributed by atoms with Crippen molar-refractivity contribution >= 4 is 0 Å². The molecular formula is C16H20N2. The van der Waals surface area contributed by atoms with Crippen molar-refractivity contribution in [3.63, 3.8) is 0 Å². The van der Waals surface area contributed by atoms with E-state index in [1.165, 1.54) is 22.3 Å². The maximum Gasteiger partial charge on any atom is 0.0178 e. The minimum absolute atomic E-state index is 0.608. The lowest BCUT2D eigenvalue weighted by atomic mass is 10.0. The highest BCUT2D eigenvalue weighted by atomic mass is 14.5. The Bertz CT molecular complexity index is 458. The molecule has 0 saturated heterocycles. The van der Waals surface area contributed by atoms with Gasteiger partial charge in [-0.15, -0.1) is 0 Å². The molecule has 0 saturated carbocycles. The van der Waals surface area contributed by atoms with Gasteiger partial charge >= 0.3 is 0 Å². The molecule has 0 unspecified atom stereocenters. The highest BCUT2D eigenvalue weighted by molar-refractivity contribution is 5.27. The molecule has 2 aromatic carbocycles. The van der Waals surface area contributed by atoms with E-state index in [0.29, 0.717) is 13.1 Å². The molecule has 0 aliphatic rings. The zero-order chi connectivity index (χ0) is 12.8. The van der Waals surface area contributed by atoms with Crippen molar-refractivity contribution < 1.29 is 0 Å². The van der Waals surface area contributed by atoms with Crippen LogP contribution >= 0.6 is 0 Å². The molecule has 18 heavy (non-hydrogen) atoms. The van der Waals surface area contributed by atoms with Crippen molar-refractivity contribution in [2.45, 2.75) is 25.9 Å². The minimum Gasteiger partial charge on any atom is -0.326 e. The largest absolute Gasteiger partial charge is 0.326 e. The van der Waals surface area contributed by atoms with E-state index in [2.05, 4.69) is 48.5 Å². The first-order valence-corrected chi connectivity index (χ1v) is 6.37. The van der Waals surface area contributed by atoms with Crippen molar-refractivity contribution in [2.24, 2.45) is 11.5 Å². The molecule has 0 spiro atoms. The van der Waals surface area contributed by atoms with Gasteiger partial charge in [0, 0.05) is 13.1 Å². The second-order valence-electron chi connectivity index (χ2n) is 4.55. The van der Waals surface area contributed by atoms with Gasteiger partial charge in [0.05, 0.1) is 0 Å². The lowest BCUT2D eigenvalue weighted by molar-refractivity contribution is 0.942. The molecule has 2 heteroatoms. The Morgan fingerprint density at radius 2 is 1.00 bits per heavy atom. The van der Waals surface area contributed by atoms with Gasteiger partial charge in [-0.3, -0.25) is 0 Å². The van der Waals surface area contributed by atoms with E-state index in [1.807, 2.05) is 0 Å². The summed E-state index contributed by atoms with van der Waals surface area (Å²) in [5, 5.41) is 0. The lowest BCUT2D eigenvalue weighted by Gasteiger charge is -2.05. The maximum absolute atomic E-state index is 5.65. The summed E-state index contributed by atoms with van der Waals surface area (Å²) in [6, 6.07) is 17.0. The molecule has 2 nitrogen and oxygen atoms in total. The lowest BCUT2D eigenvalue weighted by Crippen LogP contribution is -1.99. The number of hydrogen-bond donors (Lipinski definition) is 2. The Labute approximate surface area is 109 Å². The summed E-state index contributed by atoms with van der Waals surface area (Å²) in [5.41, 5.74) is 16.4. The van der Waals surface area contributed by atoms with Gasteiger partial charge in [0.15, 0.2) is 0 Å². The van der Waals surface area contributed by atoms with E-state index in [0.717, 1.165) is 12.8 Å². The molecule has 2 rings (SSSR count). The Morgan fingerprint density at radius 3 is 1.39 bits per heavy atom. The third-order valence-electron chi connectivity index (χ3n) is 3.16. The molecule has 0 heterocycles. The first kappa shape index (κ1) is 12.8. The summed E-state index contributed by atoms with van der Waals surface area (Å²) < 4.78 is 0. The SMILES string of the molecule is NCc1cccc(CCc2cccc(CN)c2)c1. The van der Waals surface area contributed by atoms with Crippen LogP contribution in [-0.2, 0) is 25.9 Å². The monoisotopic (exact) mass is 240 g/mol. The van der Waals surface area contributed by atoms with E-state index in [1.54, 1.807) is 0 Å². The van der Waals surface area contributed by atoms with Crippen LogP contribution in [0, 0.1) is 0 Å². The van der Waals surface area contributed by atoms with Gasteiger partial charge in [-0.05, 0) is 35.1 Å². The molecular weight excluding hydrogens is 220 g/mol. The van der Waals surface area contributed by atoms with Crippen LogP contribution in [0.5, 0.6) is 0 Å². The predicted molar refractivity (Wildman–Crippen MR) is 76.1 cm³/mol.